The van der Waals surface area contributed by atoms with Crippen LogP contribution in [0, 0.1) is 18.8 Å². The van der Waals surface area contributed by atoms with Crippen LogP contribution in [0.4, 0.5) is 0 Å². The van der Waals surface area contributed by atoms with Crippen molar-refractivity contribution in [3.8, 4) is 0 Å². The molecule has 132 valence electrons. The molecule has 1 saturated carbocycles. The molecule has 4 nitrogen and oxygen atoms in total. The van der Waals surface area contributed by atoms with Gasteiger partial charge in [-0.05, 0) is 58.9 Å². The number of benzene rings is 1. The molecule has 0 spiro atoms. The third kappa shape index (κ3) is 5.66. The van der Waals surface area contributed by atoms with Crippen molar-refractivity contribution in [2.45, 2.75) is 65.5 Å². The number of hydrogen-bond donors (Lipinski definition) is 2. The Bertz CT molecular complexity index is 564. The van der Waals surface area contributed by atoms with Gasteiger partial charge in [0.1, 0.15) is 0 Å². The van der Waals surface area contributed by atoms with Gasteiger partial charge in [0.25, 0.3) is 0 Å². The minimum Gasteiger partial charge on any atom is -0.352 e. The van der Waals surface area contributed by atoms with Gasteiger partial charge >= 0.3 is 0 Å². The Hall–Kier alpha value is -1.84. The molecule has 0 saturated heterocycles. The Kier molecular flexibility index (Phi) is 6.03. The van der Waals surface area contributed by atoms with Crippen molar-refractivity contribution in [2.75, 3.05) is 0 Å². The highest BCUT2D eigenvalue weighted by atomic mass is 16.2. The first-order valence-corrected chi connectivity index (χ1v) is 8.90. The fourth-order valence-corrected chi connectivity index (χ4v) is 3.13. The molecule has 0 aromatic heterocycles. The van der Waals surface area contributed by atoms with Crippen molar-refractivity contribution in [3.63, 3.8) is 0 Å². The van der Waals surface area contributed by atoms with Crippen molar-refractivity contribution in [1.82, 2.24) is 10.6 Å². The van der Waals surface area contributed by atoms with E-state index in [1.54, 1.807) is 0 Å². The van der Waals surface area contributed by atoms with E-state index in [1.807, 2.05) is 32.9 Å². The van der Waals surface area contributed by atoms with Crippen LogP contribution in [0.5, 0.6) is 0 Å². The summed E-state index contributed by atoms with van der Waals surface area (Å²) in [7, 11) is 0. The quantitative estimate of drug-likeness (QED) is 0.889. The lowest BCUT2D eigenvalue weighted by atomic mass is 9.81. The van der Waals surface area contributed by atoms with E-state index in [4.69, 9.17) is 0 Å². The summed E-state index contributed by atoms with van der Waals surface area (Å²) >= 11 is 0. The van der Waals surface area contributed by atoms with Gasteiger partial charge in [-0.1, -0.05) is 29.8 Å². The second-order valence-corrected chi connectivity index (χ2v) is 7.99. The van der Waals surface area contributed by atoms with E-state index in [9.17, 15) is 9.59 Å². The maximum atomic E-state index is 12.3. The lowest BCUT2D eigenvalue weighted by molar-refractivity contribution is -0.131. The van der Waals surface area contributed by atoms with Gasteiger partial charge in [-0.25, -0.2) is 0 Å². The average molecular weight is 330 g/mol. The predicted octanol–water partition coefficient (Wildman–Crippen LogP) is 3.33. The molecule has 0 aliphatic heterocycles. The van der Waals surface area contributed by atoms with E-state index in [0.29, 0.717) is 6.54 Å². The Labute approximate surface area is 145 Å². The summed E-state index contributed by atoms with van der Waals surface area (Å²) in [6.07, 6.45) is 3.18. The maximum absolute atomic E-state index is 12.3. The molecule has 0 unspecified atom stereocenters. The minimum atomic E-state index is -0.195. The molecular formula is C20H30N2O2. The van der Waals surface area contributed by atoms with Crippen molar-refractivity contribution in [2.24, 2.45) is 11.8 Å². The number of carbonyl (C=O) groups is 2. The molecule has 2 rings (SSSR count). The highest BCUT2D eigenvalue weighted by molar-refractivity contribution is 5.81. The number of aryl methyl sites for hydroxylation is 1. The molecule has 1 aliphatic carbocycles. The third-order valence-electron chi connectivity index (χ3n) is 4.55. The van der Waals surface area contributed by atoms with Gasteiger partial charge in [-0.15, -0.1) is 0 Å². The zero-order chi connectivity index (χ0) is 17.7. The van der Waals surface area contributed by atoms with E-state index >= 15 is 0 Å². The molecular weight excluding hydrogens is 300 g/mol. The number of rotatable bonds is 4. The summed E-state index contributed by atoms with van der Waals surface area (Å²) in [5.74, 6) is 0.325. The highest BCUT2D eigenvalue weighted by Crippen LogP contribution is 2.29. The van der Waals surface area contributed by atoms with Gasteiger partial charge in [0.15, 0.2) is 0 Å². The molecule has 1 aromatic rings. The van der Waals surface area contributed by atoms with Crippen molar-refractivity contribution >= 4 is 11.8 Å². The molecule has 0 radical (unpaired) electrons. The normalized spacial score (nSPS) is 21.2. The second kappa shape index (κ2) is 7.82. The SMILES string of the molecule is Cc1ccc(CNC(=O)C2CCC(C(=O)NC(C)(C)C)CC2)cc1. The summed E-state index contributed by atoms with van der Waals surface area (Å²) in [5.41, 5.74) is 2.14. The molecule has 1 fully saturated rings. The summed E-state index contributed by atoms with van der Waals surface area (Å²) in [4.78, 5) is 24.5. The molecule has 24 heavy (non-hydrogen) atoms. The molecule has 0 bridgehead atoms. The van der Waals surface area contributed by atoms with Crippen LogP contribution in [0.3, 0.4) is 0 Å². The van der Waals surface area contributed by atoms with E-state index in [0.717, 1.165) is 31.2 Å². The van der Waals surface area contributed by atoms with Gasteiger partial charge in [0, 0.05) is 23.9 Å². The fraction of sp³-hybridized carbons (Fsp3) is 0.600. The van der Waals surface area contributed by atoms with Crippen LogP contribution in [0.25, 0.3) is 0 Å². The monoisotopic (exact) mass is 330 g/mol. The minimum absolute atomic E-state index is 0.0362. The Balaban J connectivity index is 1.76. The first kappa shape index (κ1) is 18.5. The molecule has 2 N–H and O–H groups in total. The van der Waals surface area contributed by atoms with Gasteiger partial charge in [-0.3, -0.25) is 9.59 Å². The van der Waals surface area contributed by atoms with Crippen LogP contribution < -0.4 is 10.6 Å². The zero-order valence-electron chi connectivity index (χ0n) is 15.3. The summed E-state index contributed by atoms with van der Waals surface area (Å²) in [5, 5.41) is 6.08. The third-order valence-corrected chi connectivity index (χ3v) is 4.55. The van der Waals surface area contributed by atoms with Gasteiger partial charge in [-0.2, -0.15) is 0 Å². The van der Waals surface area contributed by atoms with E-state index in [2.05, 4.69) is 29.7 Å². The second-order valence-electron chi connectivity index (χ2n) is 7.99. The van der Waals surface area contributed by atoms with Gasteiger partial charge in [0.2, 0.25) is 11.8 Å². The first-order chi connectivity index (χ1) is 11.2. The smallest absolute Gasteiger partial charge is 0.223 e. The van der Waals surface area contributed by atoms with Gasteiger partial charge < -0.3 is 10.6 Å². The van der Waals surface area contributed by atoms with E-state index in [1.165, 1.54) is 5.56 Å². The van der Waals surface area contributed by atoms with E-state index in [-0.39, 0.29) is 29.2 Å². The fourth-order valence-electron chi connectivity index (χ4n) is 3.13. The summed E-state index contributed by atoms with van der Waals surface area (Å²) in [6.45, 7) is 8.61. The largest absolute Gasteiger partial charge is 0.352 e. The number of amides is 2. The maximum Gasteiger partial charge on any atom is 0.223 e. The lowest BCUT2D eigenvalue weighted by Gasteiger charge is -2.30. The Morgan fingerprint density at radius 2 is 1.46 bits per heavy atom. The molecule has 1 aliphatic rings. The lowest BCUT2D eigenvalue weighted by Crippen LogP contribution is -2.45. The van der Waals surface area contributed by atoms with Crippen LogP contribution in [0.2, 0.25) is 0 Å². The topological polar surface area (TPSA) is 58.2 Å². The van der Waals surface area contributed by atoms with E-state index < -0.39 is 0 Å². The average Bonchev–Trinajstić information content (AvgIpc) is 2.52. The van der Waals surface area contributed by atoms with Crippen LogP contribution >= 0.6 is 0 Å². The van der Waals surface area contributed by atoms with Crippen molar-refractivity contribution < 1.29 is 9.59 Å². The van der Waals surface area contributed by atoms with Gasteiger partial charge in [0.05, 0.1) is 0 Å². The summed E-state index contributed by atoms with van der Waals surface area (Å²) < 4.78 is 0. The summed E-state index contributed by atoms with van der Waals surface area (Å²) in [6, 6.07) is 8.20. The number of carbonyl (C=O) groups excluding carboxylic acids is 2. The van der Waals surface area contributed by atoms with Crippen molar-refractivity contribution in [1.29, 1.82) is 0 Å². The van der Waals surface area contributed by atoms with Crippen LogP contribution in [0.15, 0.2) is 24.3 Å². The van der Waals surface area contributed by atoms with Crippen molar-refractivity contribution in [3.05, 3.63) is 35.4 Å². The molecule has 0 atom stereocenters. The molecule has 4 heteroatoms. The Morgan fingerprint density at radius 3 is 1.96 bits per heavy atom. The highest BCUT2D eigenvalue weighted by Gasteiger charge is 2.31. The van der Waals surface area contributed by atoms with Crippen LogP contribution in [0.1, 0.15) is 57.6 Å². The number of hydrogen-bond acceptors (Lipinski definition) is 2. The zero-order valence-corrected chi connectivity index (χ0v) is 15.3. The molecule has 1 aromatic carbocycles. The molecule has 0 heterocycles. The number of nitrogens with one attached hydrogen (secondary N) is 2. The van der Waals surface area contributed by atoms with Crippen LogP contribution in [-0.4, -0.2) is 17.4 Å². The van der Waals surface area contributed by atoms with Crippen LogP contribution in [-0.2, 0) is 16.1 Å². The first-order valence-electron chi connectivity index (χ1n) is 8.90. The standard InChI is InChI=1S/C20H30N2O2/c1-14-5-7-15(8-6-14)13-21-18(23)16-9-11-17(12-10-16)19(24)22-20(2,3)4/h5-8,16-17H,9-13H2,1-4H3,(H,21,23)(H,22,24). The molecule has 2 amide bonds. The Morgan fingerprint density at radius 1 is 0.958 bits per heavy atom. The predicted molar refractivity (Wildman–Crippen MR) is 96.4 cm³/mol.